The number of esters is 1. The van der Waals surface area contributed by atoms with Crippen molar-refractivity contribution in [1.29, 1.82) is 0 Å². The molecule has 8 nitrogen and oxygen atoms in total. The number of hydrogen-bond acceptors (Lipinski definition) is 6. The number of nitrogens with zero attached hydrogens (tertiary/aromatic N) is 2. The summed E-state index contributed by atoms with van der Waals surface area (Å²) in [5.41, 5.74) is -0.707. The van der Waals surface area contributed by atoms with Gasteiger partial charge in [-0.2, -0.15) is 0 Å². The Kier molecular flexibility index (Phi) is 5.40. The van der Waals surface area contributed by atoms with Crippen LogP contribution in [0.2, 0.25) is 0 Å². The Morgan fingerprint density at radius 2 is 1.18 bits per heavy atom. The van der Waals surface area contributed by atoms with Gasteiger partial charge in [0.2, 0.25) is 23.6 Å². The number of anilines is 2. The van der Waals surface area contributed by atoms with Gasteiger partial charge in [-0.1, -0.05) is 13.8 Å². The second-order valence-corrected chi connectivity index (χ2v) is 10.6. The third-order valence-electron chi connectivity index (χ3n) is 8.79. The smallest absolute Gasteiger partial charge is 0.310 e. The molecule has 2 saturated heterocycles. The average molecular weight is 535 g/mol. The van der Waals surface area contributed by atoms with E-state index in [0.717, 1.165) is 34.1 Å². The van der Waals surface area contributed by atoms with Gasteiger partial charge in [-0.15, -0.1) is 0 Å². The Morgan fingerprint density at radius 1 is 0.769 bits per heavy atom. The molecule has 2 aromatic rings. The van der Waals surface area contributed by atoms with Crippen molar-refractivity contribution in [3.8, 4) is 0 Å². The summed E-state index contributed by atoms with van der Waals surface area (Å²) in [6, 6.07) is 9.81. The molecule has 2 bridgehead atoms. The fraction of sp³-hybridized carbons (Fsp3) is 0.345. The van der Waals surface area contributed by atoms with Crippen LogP contribution >= 0.6 is 0 Å². The number of imide groups is 2. The lowest BCUT2D eigenvalue weighted by atomic mass is 9.45. The number of benzene rings is 2. The number of halogens is 2. The molecule has 2 aromatic carbocycles. The van der Waals surface area contributed by atoms with Crippen LogP contribution in [0.15, 0.2) is 59.9 Å². The van der Waals surface area contributed by atoms with Gasteiger partial charge in [-0.3, -0.25) is 33.8 Å². The SMILES string of the molecule is CCC(=O)OC1=C(C)C2[C@H]3C(=O)N(c4ccc(F)cc4)C(=O)[C@@H]3C1(C)[C@@H]1C(=O)N(c3ccc(F)cc3)C(=O)[C@@H]21. The minimum Gasteiger partial charge on any atom is -0.430 e. The largest absolute Gasteiger partial charge is 0.430 e. The Balaban J connectivity index is 1.53. The number of amides is 4. The Hall–Kier alpha value is -4.21. The van der Waals surface area contributed by atoms with Crippen LogP contribution in [-0.2, 0) is 28.7 Å². The number of rotatable bonds is 4. The molecule has 6 atom stereocenters. The molecule has 5 aliphatic rings. The molecule has 3 fully saturated rings. The number of ether oxygens (including phenoxy) is 1. The van der Waals surface area contributed by atoms with Gasteiger partial charge in [0.25, 0.3) is 0 Å². The van der Waals surface area contributed by atoms with Crippen molar-refractivity contribution >= 4 is 41.0 Å². The quantitative estimate of drug-likeness (QED) is 0.438. The van der Waals surface area contributed by atoms with Crippen LogP contribution in [0, 0.1) is 46.6 Å². The summed E-state index contributed by atoms with van der Waals surface area (Å²) in [4.78, 5) is 70.2. The molecule has 10 heteroatoms. The van der Waals surface area contributed by atoms with E-state index in [2.05, 4.69) is 0 Å². The minimum atomic E-state index is -1.51. The summed E-state index contributed by atoms with van der Waals surface area (Å²) >= 11 is 0. The van der Waals surface area contributed by atoms with Gasteiger partial charge in [-0.05, 0) is 61.0 Å². The first-order valence-electron chi connectivity index (χ1n) is 12.7. The van der Waals surface area contributed by atoms with Crippen LogP contribution in [0.5, 0.6) is 0 Å². The molecule has 200 valence electrons. The predicted molar refractivity (Wildman–Crippen MR) is 132 cm³/mol. The Morgan fingerprint density at radius 3 is 1.56 bits per heavy atom. The van der Waals surface area contributed by atoms with Crippen molar-refractivity contribution < 1.29 is 37.5 Å². The van der Waals surface area contributed by atoms with Crippen LogP contribution in [-0.4, -0.2) is 29.6 Å². The highest BCUT2D eigenvalue weighted by molar-refractivity contribution is 6.27. The highest BCUT2D eigenvalue weighted by atomic mass is 19.1. The summed E-state index contributed by atoms with van der Waals surface area (Å²) in [7, 11) is 0. The van der Waals surface area contributed by atoms with Crippen LogP contribution in [0.4, 0.5) is 20.2 Å². The first-order valence-corrected chi connectivity index (χ1v) is 12.7. The summed E-state index contributed by atoms with van der Waals surface area (Å²) < 4.78 is 33.0. The third kappa shape index (κ3) is 3.17. The number of hydrogen-bond donors (Lipinski definition) is 0. The van der Waals surface area contributed by atoms with E-state index in [1.165, 1.54) is 24.3 Å². The van der Waals surface area contributed by atoms with Crippen LogP contribution < -0.4 is 9.80 Å². The number of carbonyl (C=O) groups excluding carboxylic acids is 5. The molecule has 39 heavy (non-hydrogen) atoms. The van der Waals surface area contributed by atoms with Gasteiger partial charge in [0.05, 0.1) is 40.5 Å². The molecule has 0 aromatic heterocycles. The first kappa shape index (κ1) is 25.1. The zero-order valence-corrected chi connectivity index (χ0v) is 21.3. The molecule has 2 unspecified atom stereocenters. The molecule has 3 aliphatic carbocycles. The topological polar surface area (TPSA) is 101 Å². The monoisotopic (exact) mass is 534 g/mol. The highest BCUT2D eigenvalue weighted by Crippen LogP contribution is 2.68. The van der Waals surface area contributed by atoms with E-state index in [-0.39, 0.29) is 23.6 Å². The van der Waals surface area contributed by atoms with E-state index >= 15 is 0 Å². The molecule has 7 rings (SSSR count). The van der Waals surface area contributed by atoms with Crippen LogP contribution in [0.1, 0.15) is 27.2 Å². The van der Waals surface area contributed by atoms with Crippen molar-refractivity contribution in [3.63, 3.8) is 0 Å². The van der Waals surface area contributed by atoms with Crippen molar-refractivity contribution in [1.82, 2.24) is 0 Å². The summed E-state index contributed by atoms with van der Waals surface area (Å²) in [6.07, 6.45) is 0.0306. The van der Waals surface area contributed by atoms with Crippen molar-refractivity contribution in [2.75, 3.05) is 9.80 Å². The maximum atomic E-state index is 14.0. The Bertz CT molecular complexity index is 1410. The van der Waals surface area contributed by atoms with E-state index in [0.29, 0.717) is 5.57 Å². The predicted octanol–water partition coefficient (Wildman–Crippen LogP) is 3.75. The van der Waals surface area contributed by atoms with E-state index in [9.17, 15) is 32.8 Å². The second kappa shape index (κ2) is 8.39. The van der Waals surface area contributed by atoms with E-state index in [4.69, 9.17) is 4.74 Å². The maximum Gasteiger partial charge on any atom is 0.310 e. The average Bonchev–Trinajstić information content (AvgIpc) is 3.33. The molecule has 4 amide bonds. The minimum absolute atomic E-state index is 0.0306. The second-order valence-electron chi connectivity index (χ2n) is 10.6. The van der Waals surface area contributed by atoms with E-state index in [1.807, 2.05) is 0 Å². The molecule has 0 spiro atoms. The summed E-state index contributed by atoms with van der Waals surface area (Å²) in [6.45, 7) is 4.86. The third-order valence-corrected chi connectivity index (χ3v) is 8.79. The zero-order chi connectivity index (χ0) is 28.0. The highest BCUT2D eigenvalue weighted by Gasteiger charge is 2.77. The van der Waals surface area contributed by atoms with E-state index < -0.39 is 76.2 Å². The van der Waals surface area contributed by atoms with Crippen molar-refractivity contribution in [2.45, 2.75) is 27.2 Å². The Labute approximate surface area is 222 Å². The van der Waals surface area contributed by atoms with Gasteiger partial charge < -0.3 is 4.74 Å². The molecule has 1 saturated carbocycles. The molecule has 2 aliphatic heterocycles. The molecule has 0 radical (unpaired) electrons. The maximum absolute atomic E-state index is 14.0. The number of allylic oxidation sites excluding steroid dienone is 2. The lowest BCUT2D eigenvalue weighted by molar-refractivity contribution is -0.160. The fourth-order valence-electron chi connectivity index (χ4n) is 7.25. The summed E-state index contributed by atoms with van der Waals surface area (Å²) in [5, 5.41) is 0. The first-order chi connectivity index (χ1) is 18.5. The van der Waals surface area contributed by atoms with E-state index in [1.54, 1.807) is 20.8 Å². The summed E-state index contributed by atoms with van der Waals surface area (Å²) in [5.74, 6) is -8.97. The van der Waals surface area contributed by atoms with Crippen LogP contribution in [0.3, 0.4) is 0 Å². The standard InChI is InChI=1S/C29H24F2N2O6/c1-4-18(34)39-24-13(2)19-20-22(27(37)32(25(20)35)16-9-5-14(30)6-10-16)29(24,3)23-21(19)26(36)33(28(23)38)17-11-7-15(31)8-12-17/h5-12,19-23H,4H2,1-3H3/t19?,20-,21+,22-,23+,29?. The molecule has 2 heterocycles. The lowest BCUT2D eigenvalue weighted by Gasteiger charge is -2.55. The fourth-order valence-corrected chi connectivity index (χ4v) is 7.25. The van der Waals surface area contributed by atoms with Gasteiger partial charge >= 0.3 is 5.97 Å². The van der Waals surface area contributed by atoms with Crippen molar-refractivity contribution in [3.05, 3.63) is 71.5 Å². The van der Waals surface area contributed by atoms with Crippen LogP contribution in [0.25, 0.3) is 0 Å². The molecular formula is C29H24F2N2O6. The van der Waals surface area contributed by atoms with Gasteiger partial charge in [0.1, 0.15) is 17.4 Å². The van der Waals surface area contributed by atoms with Crippen molar-refractivity contribution in [2.24, 2.45) is 35.0 Å². The number of carbonyl (C=O) groups is 5. The van der Waals surface area contributed by atoms with Gasteiger partial charge in [0, 0.05) is 12.3 Å². The normalized spacial score (nSPS) is 31.3. The zero-order valence-electron chi connectivity index (χ0n) is 21.3. The van der Waals surface area contributed by atoms with Gasteiger partial charge in [-0.25, -0.2) is 8.78 Å². The molecule has 0 N–H and O–H groups in total. The lowest BCUT2D eigenvalue weighted by Crippen LogP contribution is -2.60. The van der Waals surface area contributed by atoms with Gasteiger partial charge in [0.15, 0.2) is 0 Å². The molecular weight excluding hydrogens is 510 g/mol.